The summed E-state index contributed by atoms with van der Waals surface area (Å²) in [5.41, 5.74) is 0.975. The highest BCUT2D eigenvalue weighted by molar-refractivity contribution is 5.57. The van der Waals surface area contributed by atoms with Crippen molar-refractivity contribution < 1.29 is 4.74 Å². The van der Waals surface area contributed by atoms with Gasteiger partial charge in [0.2, 0.25) is 0 Å². The second-order valence-electron chi connectivity index (χ2n) is 6.08. The first-order chi connectivity index (χ1) is 11.1. The number of hydrogen-bond acceptors (Lipinski definition) is 4. The average Bonchev–Trinajstić information content (AvgIpc) is 2.96. The first-order valence-electron chi connectivity index (χ1n) is 8.53. The van der Waals surface area contributed by atoms with E-state index in [1.807, 2.05) is 38.1 Å². The second kappa shape index (κ2) is 8.67. The predicted molar refractivity (Wildman–Crippen MR) is 93.4 cm³/mol. The molecule has 0 radical (unpaired) electrons. The van der Waals surface area contributed by atoms with E-state index in [4.69, 9.17) is 4.74 Å². The third kappa shape index (κ3) is 5.36. The van der Waals surface area contributed by atoms with Gasteiger partial charge in [-0.3, -0.25) is 10.00 Å². The Morgan fingerprint density at radius 3 is 2.57 bits per heavy atom. The number of ether oxygens (including phenoxy) is 1. The average molecular weight is 316 g/mol. The van der Waals surface area contributed by atoms with Gasteiger partial charge in [0, 0.05) is 5.56 Å². The Kier molecular flexibility index (Phi) is 6.59. The third-order valence-electron chi connectivity index (χ3n) is 3.45. The van der Waals surface area contributed by atoms with Crippen molar-refractivity contribution in [3.8, 4) is 17.1 Å². The molecule has 2 rings (SSSR count). The highest BCUT2D eigenvalue weighted by Crippen LogP contribution is 2.22. The summed E-state index contributed by atoms with van der Waals surface area (Å²) in [5.74, 6) is 2.49. The molecule has 23 heavy (non-hydrogen) atoms. The predicted octanol–water partition coefficient (Wildman–Crippen LogP) is 3.88. The molecule has 1 N–H and O–H groups in total. The highest BCUT2D eigenvalue weighted by Gasteiger charge is 2.10. The fourth-order valence-electron chi connectivity index (χ4n) is 2.59. The van der Waals surface area contributed by atoms with Gasteiger partial charge < -0.3 is 4.74 Å². The quantitative estimate of drug-likeness (QED) is 0.763. The van der Waals surface area contributed by atoms with Crippen LogP contribution in [0.1, 0.15) is 46.4 Å². The van der Waals surface area contributed by atoms with Gasteiger partial charge in [-0.15, -0.1) is 0 Å². The summed E-state index contributed by atoms with van der Waals surface area (Å²) in [5, 5.41) is 7.43. The van der Waals surface area contributed by atoms with Gasteiger partial charge >= 0.3 is 0 Å². The van der Waals surface area contributed by atoms with Crippen molar-refractivity contribution in [3.05, 3.63) is 30.1 Å². The Hall–Kier alpha value is -1.88. The van der Waals surface area contributed by atoms with Crippen molar-refractivity contribution in [2.75, 3.05) is 13.1 Å². The molecule has 0 aliphatic heterocycles. The molecule has 0 saturated heterocycles. The lowest BCUT2D eigenvalue weighted by molar-refractivity contribution is 0.242. The fourth-order valence-corrected chi connectivity index (χ4v) is 2.59. The lowest BCUT2D eigenvalue weighted by Crippen LogP contribution is -2.25. The number of nitrogens with zero attached hydrogens (tertiary/aromatic N) is 3. The zero-order chi connectivity index (χ0) is 16.7. The van der Waals surface area contributed by atoms with Crippen LogP contribution < -0.4 is 4.74 Å². The van der Waals surface area contributed by atoms with Crippen LogP contribution in [-0.4, -0.2) is 39.3 Å². The molecule has 0 spiro atoms. The molecule has 0 fully saturated rings. The molecular weight excluding hydrogens is 288 g/mol. The minimum atomic E-state index is 0.157. The fraction of sp³-hybridized carbons (Fsp3) is 0.556. The third-order valence-corrected chi connectivity index (χ3v) is 3.45. The van der Waals surface area contributed by atoms with E-state index >= 15 is 0 Å². The van der Waals surface area contributed by atoms with E-state index in [1.54, 1.807) is 0 Å². The molecule has 2 aromatic rings. The van der Waals surface area contributed by atoms with E-state index in [2.05, 4.69) is 33.9 Å². The van der Waals surface area contributed by atoms with E-state index in [9.17, 15) is 0 Å². The molecule has 1 aromatic heterocycles. The minimum absolute atomic E-state index is 0.157. The molecule has 0 atom stereocenters. The topological polar surface area (TPSA) is 54.0 Å². The molecule has 1 heterocycles. The summed E-state index contributed by atoms with van der Waals surface area (Å²) in [7, 11) is 0. The number of rotatable bonds is 9. The number of aromatic nitrogens is 3. The van der Waals surface area contributed by atoms with E-state index < -0.39 is 0 Å². The first kappa shape index (κ1) is 17.5. The Morgan fingerprint density at radius 2 is 1.91 bits per heavy atom. The van der Waals surface area contributed by atoms with Gasteiger partial charge in [-0.05, 0) is 51.9 Å². The van der Waals surface area contributed by atoms with Crippen molar-refractivity contribution in [1.29, 1.82) is 0 Å². The second-order valence-corrected chi connectivity index (χ2v) is 6.08. The molecule has 126 valence electrons. The number of aromatic amines is 1. The van der Waals surface area contributed by atoms with Crippen LogP contribution in [0.4, 0.5) is 0 Å². The van der Waals surface area contributed by atoms with Crippen LogP contribution in [0.3, 0.4) is 0 Å². The van der Waals surface area contributed by atoms with E-state index in [-0.39, 0.29) is 6.10 Å². The minimum Gasteiger partial charge on any atom is -0.491 e. The standard InChI is InChI=1S/C18H28N4O/c1-5-10-22(11-6-2)13-17-19-18(21-20-17)15-8-7-9-16(12-15)23-14(3)4/h7-9,12,14H,5-6,10-11,13H2,1-4H3,(H,19,20,21). The molecule has 5 heteroatoms. The van der Waals surface area contributed by atoms with Gasteiger partial charge in [0.25, 0.3) is 0 Å². The Balaban J connectivity index is 2.09. The summed E-state index contributed by atoms with van der Waals surface area (Å²) in [6.07, 6.45) is 2.45. The maximum absolute atomic E-state index is 5.74. The zero-order valence-corrected chi connectivity index (χ0v) is 14.7. The van der Waals surface area contributed by atoms with Crippen LogP contribution in [-0.2, 0) is 6.54 Å². The molecule has 0 aliphatic rings. The van der Waals surface area contributed by atoms with Crippen molar-refractivity contribution in [1.82, 2.24) is 20.1 Å². The van der Waals surface area contributed by atoms with Crippen LogP contribution in [0.5, 0.6) is 5.75 Å². The van der Waals surface area contributed by atoms with E-state index in [0.717, 1.165) is 55.4 Å². The lowest BCUT2D eigenvalue weighted by Gasteiger charge is -2.18. The van der Waals surface area contributed by atoms with Gasteiger partial charge in [0.15, 0.2) is 5.82 Å². The zero-order valence-electron chi connectivity index (χ0n) is 14.7. The number of nitrogens with one attached hydrogen (secondary N) is 1. The maximum Gasteiger partial charge on any atom is 0.181 e. The molecule has 0 unspecified atom stereocenters. The summed E-state index contributed by atoms with van der Waals surface area (Å²) in [4.78, 5) is 7.05. The summed E-state index contributed by atoms with van der Waals surface area (Å²) < 4.78 is 5.74. The molecule has 0 bridgehead atoms. The molecular formula is C18H28N4O. The lowest BCUT2D eigenvalue weighted by atomic mass is 10.2. The Labute approximate surface area is 139 Å². The Morgan fingerprint density at radius 1 is 1.17 bits per heavy atom. The van der Waals surface area contributed by atoms with Gasteiger partial charge in [-0.1, -0.05) is 26.0 Å². The van der Waals surface area contributed by atoms with E-state index in [0.29, 0.717) is 0 Å². The Bertz CT molecular complexity index is 588. The van der Waals surface area contributed by atoms with E-state index in [1.165, 1.54) is 0 Å². The van der Waals surface area contributed by atoms with Gasteiger partial charge in [0.05, 0.1) is 12.6 Å². The summed E-state index contributed by atoms with van der Waals surface area (Å²) in [6.45, 7) is 11.4. The normalized spacial score (nSPS) is 11.4. The van der Waals surface area contributed by atoms with Crippen LogP contribution in [0, 0.1) is 0 Å². The maximum atomic E-state index is 5.74. The molecule has 0 saturated carbocycles. The SMILES string of the molecule is CCCN(CCC)Cc1nc(-c2cccc(OC(C)C)c2)n[nH]1. The van der Waals surface area contributed by atoms with Gasteiger partial charge in [-0.25, -0.2) is 4.98 Å². The molecule has 5 nitrogen and oxygen atoms in total. The van der Waals surface area contributed by atoms with Crippen molar-refractivity contribution in [2.24, 2.45) is 0 Å². The van der Waals surface area contributed by atoms with Crippen LogP contribution in [0.25, 0.3) is 11.4 Å². The van der Waals surface area contributed by atoms with Crippen LogP contribution >= 0.6 is 0 Å². The number of hydrogen-bond donors (Lipinski definition) is 1. The van der Waals surface area contributed by atoms with Gasteiger partial charge in [-0.2, -0.15) is 5.10 Å². The molecule has 0 amide bonds. The number of H-pyrrole nitrogens is 1. The molecule has 1 aromatic carbocycles. The van der Waals surface area contributed by atoms with Crippen molar-refractivity contribution in [3.63, 3.8) is 0 Å². The smallest absolute Gasteiger partial charge is 0.181 e. The first-order valence-corrected chi connectivity index (χ1v) is 8.53. The van der Waals surface area contributed by atoms with Crippen LogP contribution in [0.15, 0.2) is 24.3 Å². The number of benzene rings is 1. The summed E-state index contributed by atoms with van der Waals surface area (Å²) in [6, 6.07) is 7.93. The summed E-state index contributed by atoms with van der Waals surface area (Å²) >= 11 is 0. The monoisotopic (exact) mass is 316 g/mol. The van der Waals surface area contributed by atoms with Crippen LogP contribution in [0.2, 0.25) is 0 Å². The largest absolute Gasteiger partial charge is 0.491 e. The highest BCUT2D eigenvalue weighted by atomic mass is 16.5. The molecule has 0 aliphatic carbocycles. The van der Waals surface area contributed by atoms with Crippen molar-refractivity contribution >= 4 is 0 Å². The van der Waals surface area contributed by atoms with Gasteiger partial charge in [0.1, 0.15) is 11.6 Å². The van der Waals surface area contributed by atoms with Crippen molar-refractivity contribution in [2.45, 2.75) is 53.2 Å².